The Morgan fingerprint density at radius 2 is 1.88 bits per heavy atom. The van der Waals surface area contributed by atoms with E-state index in [4.69, 9.17) is 0 Å². The predicted molar refractivity (Wildman–Crippen MR) is 57.5 cm³/mol. The molecule has 0 heterocycles. The lowest BCUT2D eigenvalue weighted by Gasteiger charge is -2.33. The van der Waals surface area contributed by atoms with Crippen LogP contribution >= 0.6 is 0 Å². The number of nitrogens with one attached hydrogen (secondary N) is 1. The van der Waals surface area contributed by atoms with E-state index in [0.717, 1.165) is 5.56 Å². The minimum absolute atomic E-state index is 0.310. The average molecular weight is 225 g/mol. The third-order valence-electron chi connectivity index (χ3n) is 2.78. The van der Waals surface area contributed by atoms with E-state index in [0.29, 0.717) is 5.69 Å². The fraction of sp³-hybridized carbons (Fsp3) is 0.417. The molecule has 0 spiro atoms. The molecule has 1 amide bonds. The zero-order valence-electron chi connectivity index (χ0n) is 8.97. The molecule has 1 fully saturated rings. The van der Waals surface area contributed by atoms with E-state index < -0.39 is 11.8 Å². The van der Waals surface area contributed by atoms with Crippen LogP contribution in [0, 0.1) is 12.8 Å². The number of amides is 1. The van der Waals surface area contributed by atoms with Crippen LogP contribution in [0.5, 0.6) is 0 Å². The van der Waals surface area contributed by atoms with Gasteiger partial charge in [0.1, 0.15) is 0 Å². The number of alkyl halides is 2. The van der Waals surface area contributed by atoms with Crippen molar-refractivity contribution in [3.05, 3.63) is 29.8 Å². The molecular formula is C12H13F2NO. The summed E-state index contributed by atoms with van der Waals surface area (Å²) in [7, 11) is 0. The molecule has 1 aromatic carbocycles. The van der Waals surface area contributed by atoms with Crippen molar-refractivity contribution in [3.63, 3.8) is 0 Å². The smallest absolute Gasteiger partial charge is 0.249 e. The van der Waals surface area contributed by atoms with Crippen LogP contribution in [0.2, 0.25) is 0 Å². The summed E-state index contributed by atoms with van der Waals surface area (Å²) in [6.07, 6.45) is -0.657. The number of hydrogen-bond acceptors (Lipinski definition) is 1. The first-order valence-corrected chi connectivity index (χ1v) is 5.22. The summed E-state index contributed by atoms with van der Waals surface area (Å²) in [5.41, 5.74) is 1.75. The van der Waals surface area contributed by atoms with Gasteiger partial charge in [0.25, 0.3) is 0 Å². The maximum absolute atomic E-state index is 12.6. The lowest BCUT2D eigenvalue weighted by molar-refractivity contribution is -0.145. The fourth-order valence-electron chi connectivity index (χ4n) is 1.73. The van der Waals surface area contributed by atoms with Crippen LogP contribution in [-0.2, 0) is 4.79 Å². The molecule has 2 rings (SSSR count). The minimum atomic E-state index is -2.64. The Morgan fingerprint density at radius 3 is 2.38 bits per heavy atom. The molecule has 1 aliphatic rings. The largest absolute Gasteiger partial charge is 0.326 e. The van der Waals surface area contributed by atoms with Gasteiger partial charge in [0, 0.05) is 24.4 Å². The lowest BCUT2D eigenvalue weighted by Crippen LogP contribution is -2.42. The van der Waals surface area contributed by atoms with Crippen LogP contribution in [0.25, 0.3) is 0 Å². The van der Waals surface area contributed by atoms with Gasteiger partial charge in [-0.3, -0.25) is 4.79 Å². The van der Waals surface area contributed by atoms with Crippen LogP contribution in [0.15, 0.2) is 24.3 Å². The summed E-state index contributed by atoms with van der Waals surface area (Å²) in [4.78, 5) is 11.5. The SMILES string of the molecule is Cc1ccc(NC(=O)C2CC(F)(F)C2)cc1. The van der Waals surface area contributed by atoms with E-state index in [1.165, 1.54) is 0 Å². The van der Waals surface area contributed by atoms with Crippen LogP contribution in [0.4, 0.5) is 14.5 Å². The van der Waals surface area contributed by atoms with Gasteiger partial charge < -0.3 is 5.32 Å². The topological polar surface area (TPSA) is 29.1 Å². The van der Waals surface area contributed by atoms with Crippen LogP contribution in [-0.4, -0.2) is 11.8 Å². The van der Waals surface area contributed by atoms with E-state index in [2.05, 4.69) is 5.32 Å². The maximum atomic E-state index is 12.6. The molecule has 0 unspecified atom stereocenters. The summed E-state index contributed by atoms with van der Waals surface area (Å²) >= 11 is 0. The zero-order chi connectivity index (χ0) is 11.8. The second-order valence-corrected chi connectivity index (χ2v) is 4.32. The van der Waals surface area contributed by atoms with Gasteiger partial charge in [0.05, 0.1) is 0 Å². The van der Waals surface area contributed by atoms with Crippen LogP contribution in [0.1, 0.15) is 18.4 Å². The Labute approximate surface area is 92.7 Å². The van der Waals surface area contributed by atoms with Crippen molar-refractivity contribution >= 4 is 11.6 Å². The van der Waals surface area contributed by atoms with Gasteiger partial charge in [0.2, 0.25) is 11.8 Å². The molecule has 0 atom stereocenters. The van der Waals surface area contributed by atoms with E-state index in [1.54, 1.807) is 12.1 Å². The van der Waals surface area contributed by atoms with Crippen molar-refractivity contribution in [1.29, 1.82) is 0 Å². The number of aryl methyl sites for hydroxylation is 1. The van der Waals surface area contributed by atoms with E-state index in [9.17, 15) is 13.6 Å². The molecule has 1 N–H and O–H groups in total. The van der Waals surface area contributed by atoms with Gasteiger partial charge in [-0.05, 0) is 19.1 Å². The molecule has 1 aromatic rings. The van der Waals surface area contributed by atoms with Gasteiger partial charge in [-0.25, -0.2) is 8.78 Å². The quantitative estimate of drug-likeness (QED) is 0.823. The summed E-state index contributed by atoms with van der Waals surface area (Å²) in [5, 5.41) is 2.64. The lowest BCUT2D eigenvalue weighted by atomic mass is 9.81. The van der Waals surface area contributed by atoms with Crippen molar-refractivity contribution in [1.82, 2.24) is 0 Å². The van der Waals surface area contributed by atoms with Gasteiger partial charge in [-0.2, -0.15) is 0 Å². The minimum Gasteiger partial charge on any atom is -0.326 e. The zero-order valence-corrected chi connectivity index (χ0v) is 8.97. The molecule has 0 radical (unpaired) electrons. The molecule has 4 heteroatoms. The second kappa shape index (κ2) is 3.85. The molecular weight excluding hydrogens is 212 g/mol. The number of hydrogen-bond donors (Lipinski definition) is 1. The van der Waals surface area contributed by atoms with Crippen molar-refractivity contribution in [2.75, 3.05) is 5.32 Å². The first-order chi connectivity index (χ1) is 7.46. The highest BCUT2D eigenvalue weighted by atomic mass is 19.3. The predicted octanol–water partition coefficient (Wildman–Crippen LogP) is 2.98. The highest BCUT2D eigenvalue weighted by Gasteiger charge is 2.48. The third kappa shape index (κ3) is 2.38. The number of carbonyl (C=O) groups is 1. The van der Waals surface area contributed by atoms with Gasteiger partial charge in [0.15, 0.2) is 0 Å². The average Bonchev–Trinajstić information content (AvgIpc) is 2.18. The highest BCUT2D eigenvalue weighted by Crippen LogP contribution is 2.42. The van der Waals surface area contributed by atoms with E-state index >= 15 is 0 Å². The number of rotatable bonds is 2. The molecule has 0 saturated heterocycles. The molecule has 86 valence electrons. The summed E-state index contributed by atoms with van der Waals surface area (Å²) in [5.74, 6) is -3.50. The summed E-state index contributed by atoms with van der Waals surface area (Å²) in [6.45, 7) is 1.94. The van der Waals surface area contributed by atoms with Crippen LogP contribution < -0.4 is 5.32 Å². The Kier molecular flexibility index (Phi) is 2.66. The van der Waals surface area contributed by atoms with Gasteiger partial charge in [-0.1, -0.05) is 17.7 Å². The molecule has 0 aliphatic heterocycles. The van der Waals surface area contributed by atoms with Gasteiger partial charge >= 0.3 is 0 Å². The summed E-state index contributed by atoms with van der Waals surface area (Å²) < 4.78 is 25.1. The Morgan fingerprint density at radius 1 is 1.31 bits per heavy atom. The van der Waals surface area contributed by atoms with Crippen molar-refractivity contribution in [2.24, 2.45) is 5.92 Å². The third-order valence-corrected chi connectivity index (χ3v) is 2.78. The Bertz CT molecular complexity index is 392. The number of carbonyl (C=O) groups excluding carboxylic acids is 1. The van der Waals surface area contributed by atoms with E-state index in [1.807, 2.05) is 19.1 Å². The first kappa shape index (κ1) is 11.0. The molecule has 0 aromatic heterocycles. The first-order valence-electron chi connectivity index (χ1n) is 5.22. The van der Waals surface area contributed by atoms with Crippen molar-refractivity contribution in [3.8, 4) is 0 Å². The van der Waals surface area contributed by atoms with Crippen LogP contribution in [0.3, 0.4) is 0 Å². The monoisotopic (exact) mass is 225 g/mol. The molecule has 0 bridgehead atoms. The highest BCUT2D eigenvalue weighted by molar-refractivity contribution is 5.93. The normalized spacial score (nSPS) is 18.9. The van der Waals surface area contributed by atoms with Crippen molar-refractivity contribution < 1.29 is 13.6 Å². The number of anilines is 1. The second-order valence-electron chi connectivity index (χ2n) is 4.32. The van der Waals surface area contributed by atoms with Gasteiger partial charge in [-0.15, -0.1) is 0 Å². The molecule has 16 heavy (non-hydrogen) atoms. The fourth-order valence-corrected chi connectivity index (χ4v) is 1.73. The molecule has 1 aliphatic carbocycles. The summed E-state index contributed by atoms with van der Waals surface area (Å²) in [6, 6.07) is 7.27. The van der Waals surface area contributed by atoms with E-state index in [-0.39, 0.29) is 18.7 Å². The maximum Gasteiger partial charge on any atom is 0.249 e. The number of benzene rings is 1. The Balaban J connectivity index is 1.91. The molecule has 2 nitrogen and oxygen atoms in total. The standard InChI is InChI=1S/C12H13F2NO/c1-8-2-4-10(5-3-8)15-11(16)9-6-12(13,14)7-9/h2-5,9H,6-7H2,1H3,(H,15,16). The molecule has 1 saturated carbocycles. The Hall–Kier alpha value is -1.45. The number of halogens is 2. The van der Waals surface area contributed by atoms with Crippen molar-refractivity contribution in [2.45, 2.75) is 25.7 Å².